The molecule has 0 unspecified atom stereocenters. The summed E-state index contributed by atoms with van der Waals surface area (Å²) in [5.41, 5.74) is -2.33. The number of carbonyl (C=O) groups is 1. The summed E-state index contributed by atoms with van der Waals surface area (Å²) < 4.78 is 89.9. The minimum absolute atomic E-state index is 0.399. The molecule has 0 heterocycles. The molecule has 2 rings (SSSR count). The molecule has 11 heteroatoms. The van der Waals surface area contributed by atoms with Gasteiger partial charge in [-0.05, 0) is 30.3 Å². The second-order valence-electron chi connectivity index (χ2n) is 5.46. The van der Waals surface area contributed by atoms with Gasteiger partial charge in [0.2, 0.25) is 15.9 Å². The highest BCUT2D eigenvalue weighted by Gasteiger charge is 2.32. The van der Waals surface area contributed by atoms with Gasteiger partial charge in [-0.25, -0.2) is 17.2 Å². The molecular weight excluding hydrogens is 395 g/mol. The second-order valence-corrected chi connectivity index (χ2v) is 7.37. The minimum atomic E-state index is -4.72. The van der Waals surface area contributed by atoms with E-state index in [1.165, 1.54) is 0 Å². The highest BCUT2D eigenvalue weighted by Crippen LogP contribution is 2.32. The van der Waals surface area contributed by atoms with E-state index in [1.54, 1.807) is 0 Å². The Morgan fingerprint density at radius 3 is 2.15 bits per heavy atom. The molecule has 146 valence electrons. The average molecular weight is 408 g/mol. The molecule has 5 nitrogen and oxygen atoms in total. The summed E-state index contributed by atoms with van der Waals surface area (Å²) >= 11 is 0. The lowest BCUT2D eigenvalue weighted by molar-refractivity contribution is -0.137. The van der Waals surface area contributed by atoms with Gasteiger partial charge >= 0.3 is 6.18 Å². The van der Waals surface area contributed by atoms with Crippen LogP contribution in [-0.4, -0.2) is 27.1 Å². The van der Waals surface area contributed by atoms with E-state index in [0.717, 1.165) is 36.4 Å². The number of nitrogens with zero attached hydrogens (tertiary/aromatic N) is 1. The molecular formula is C16H13F5N2O3S. The van der Waals surface area contributed by atoms with Crippen LogP contribution < -0.4 is 9.62 Å². The van der Waals surface area contributed by atoms with E-state index in [9.17, 15) is 35.2 Å². The molecule has 1 N–H and O–H groups in total. The lowest BCUT2D eigenvalue weighted by atomic mass is 10.2. The van der Waals surface area contributed by atoms with Crippen molar-refractivity contribution in [3.63, 3.8) is 0 Å². The van der Waals surface area contributed by atoms with Crippen LogP contribution in [0.2, 0.25) is 0 Å². The third-order valence-electron chi connectivity index (χ3n) is 3.38. The Balaban J connectivity index is 2.32. The number of para-hydroxylation sites is 1. The van der Waals surface area contributed by atoms with Crippen LogP contribution in [0.1, 0.15) is 5.56 Å². The van der Waals surface area contributed by atoms with Crippen molar-refractivity contribution in [1.82, 2.24) is 0 Å². The molecule has 0 aliphatic heterocycles. The molecule has 0 spiro atoms. The van der Waals surface area contributed by atoms with E-state index >= 15 is 0 Å². The monoisotopic (exact) mass is 408 g/mol. The maximum atomic E-state index is 13.6. The van der Waals surface area contributed by atoms with Gasteiger partial charge in [0.05, 0.1) is 17.5 Å². The summed E-state index contributed by atoms with van der Waals surface area (Å²) in [6, 6.07) is 6.14. The van der Waals surface area contributed by atoms with Crippen LogP contribution >= 0.6 is 0 Å². The van der Waals surface area contributed by atoms with Gasteiger partial charge in [-0.1, -0.05) is 12.1 Å². The van der Waals surface area contributed by atoms with Crippen molar-refractivity contribution in [3.05, 3.63) is 59.7 Å². The van der Waals surface area contributed by atoms with Crippen LogP contribution in [0.4, 0.5) is 33.3 Å². The van der Waals surface area contributed by atoms with Crippen molar-refractivity contribution >= 4 is 27.3 Å². The topological polar surface area (TPSA) is 66.5 Å². The van der Waals surface area contributed by atoms with E-state index in [-0.39, 0.29) is 0 Å². The number of rotatable bonds is 5. The summed E-state index contributed by atoms with van der Waals surface area (Å²) in [5.74, 6) is -3.32. The molecule has 1 amide bonds. The van der Waals surface area contributed by atoms with E-state index in [0.29, 0.717) is 16.6 Å². The van der Waals surface area contributed by atoms with Gasteiger partial charge in [-0.3, -0.25) is 9.10 Å². The van der Waals surface area contributed by atoms with Crippen LogP contribution in [0.3, 0.4) is 0 Å². The number of amides is 1. The van der Waals surface area contributed by atoms with Gasteiger partial charge in [0.15, 0.2) is 0 Å². The average Bonchev–Trinajstić information content (AvgIpc) is 2.54. The number of alkyl halides is 3. The van der Waals surface area contributed by atoms with Gasteiger partial charge < -0.3 is 5.32 Å². The molecule has 27 heavy (non-hydrogen) atoms. The molecule has 0 saturated heterocycles. The third kappa shape index (κ3) is 5.16. The number of carbonyl (C=O) groups excluding carboxylic acids is 1. The Hall–Kier alpha value is -2.69. The number of hydrogen-bond donors (Lipinski definition) is 1. The smallest absolute Gasteiger partial charge is 0.320 e. The first-order chi connectivity index (χ1) is 12.4. The number of anilines is 2. The van der Waals surface area contributed by atoms with E-state index in [1.807, 2.05) is 5.32 Å². The van der Waals surface area contributed by atoms with Crippen LogP contribution in [0.25, 0.3) is 0 Å². The molecule has 0 saturated carbocycles. The molecule has 0 atom stereocenters. The maximum absolute atomic E-state index is 13.6. The SMILES string of the molecule is CS(=O)(=O)N(CC(=O)Nc1c(F)cccc1F)c1cccc(C(F)(F)F)c1. The van der Waals surface area contributed by atoms with Crippen molar-refractivity contribution < 1.29 is 35.2 Å². The van der Waals surface area contributed by atoms with Gasteiger partial charge in [0.1, 0.15) is 23.9 Å². The normalized spacial score (nSPS) is 11.9. The molecule has 0 fully saturated rings. The number of hydrogen-bond acceptors (Lipinski definition) is 3. The summed E-state index contributed by atoms with van der Waals surface area (Å²) in [5, 5.41) is 1.88. The Bertz CT molecular complexity index is 941. The van der Waals surface area contributed by atoms with Gasteiger partial charge in [-0.15, -0.1) is 0 Å². The molecule has 0 aliphatic carbocycles. The van der Waals surface area contributed by atoms with Crippen molar-refractivity contribution in [2.24, 2.45) is 0 Å². The summed E-state index contributed by atoms with van der Waals surface area (Å²) in [6.45, 7) is -0.978. The predicted octanol–water partition coefficient (Wildman–Crippen LogP) is 3.39. The summed E-state index contributed by atoms with van der Waals surface area (Å²) in [4.78, 5) is 12.1. The summed E-state index contributed by atoms with van der Waals surface area (Å²) in [7, 11) is -4.17. The Labute approximate surface area is 151 Å². The fraction of sp³-hybridized carbons (Fsp3) is 0.188. The van der Waals surface area contributed by atoms with Crippen molar-refractivity contribution in [1.29, 1.82) is 0 Å². The first kappa shape index (κ1) is 20.6. The largest absolute Gasteiger partial charge is 0.416 e. The number of benzene rings is 2. The maximum Gasteiger partial charge on any atom is 0.416 e. The summed E-state index contributed by atoms with van der Waals surface area (Å²) in [6.07, 6.45) is -4.04. The van der Waals surface area contributed by atoms with Gasteiger partial charge in [0.25, 0.3) is 0 Å². The second kappa shape index (κ2) is 7.51. The number of halogens is 5. The molecule has 2 aromatic carbocycles. The van der Waals surface area contributed by atoms with Gasteiger partial charge in [0, 0.05) is 0 Å². The first-order valence-corrected chi connectivity index (χ1v) is 9.13. The minimum Gasteiger partial charge on any atom is -0.320 e. The standard InChI is InChI=1S/C16H13F5N2O3S/c1-27(25,26)23(11-5-2-4-10(8-11)16(19,20)21)9-14(24)22-15-12(17)6-3-7-13(15)18/h2-8H,9H2,1H3,(H,22,24). The highest BCUT2D eigenvalue weighted by atomic mass is 32.2. The third-order valence-corrected chi connectivity index (χ3v) is 4.52. The predicted molar refractivity (Wildman–Crippen MR) is 88.6 cm³/mol. The van der Waals surface area contributed by atoms with Crippen molar-refractivity contribution in [2.75, 3.05) is 22.4 Å². The molecule has 0 aliphatic rings. The van der Waals surface area contributed by atoms with Crippen LogP contribution in [0.5, 0.6) is 0 Å². The first-order valence-electron chi connectivity index (χ1n) is 7.28. The zero-order valence-electron chi connectivity index (χ0n) is 13.7. The van der Waals surface area contributed by atoms with E-state index in [4.69, 9.17) is 0 Å². The van der Waals surface area contributed by atoms with Crippen LogP contribution in [0, 0.1) is 11.6 Å². The Kier molecular flexibility index (Phi) is 5.73. The van der Waals surface area contributed by atoms with Crippen molar-refractivity contribution in [3.8, 4) is 0 Å². The molecule has 0 aromatic heterocycles. The van der Waals surface area contributed by atoms with Crippen molar-refractivity contribution in [2.45, 2.75) is 6.18 Å². The van der Waals surface area contributed by atoms with E-state index in [2.05, 4.69) is 0 Å². The lowest BCUT2D eigenvalue weighted by Gasteiger charge is -2.23. The Morgan fingerprint density at radius 1 is 1.07 bits per heavy atom. The zero-order chi connectivity index (χ0) is 20.4. The number of sulfonamides is 1. The fourth-order valence-corrected chi connectivity index (χ4v) is 3.01. The zero-order valence-corrected chi connectivity index (χ0v) is 14.5. The number of nitrogens with one attached hydrogen (secondary N) is 1. The lowest BCUT2D eigenvalue weighted by Crippen LogP contribution is -2.37. The molecule has 2 aromatic rings. The fourth-order valence-electron chi connectivity index (χ4n) is 2.16. The molecule has 0 radical (unpaired) electrons. The van der Waals surface area contributed by atoms with Crippen LogP contribution in [0.15, 0.2) is 42.5 Å². The van der Waals surface area contributed by atoms with E-state index < -0.39 is 57.2 Å². The Morgan fingerprint density at radius 2 is 1.63 bits per heavy atom. The highest BCUT2D eigenvalue weighted by molar-refractivity contribution is 7.92. The van der Waals surface area contributed by atoms with Gasteiger partial charge in [-0.2, -0.15) is 13.2 Å². The molecule has 0 bridgehead atoms. The van der Waals surface area contributed by atoms with Crippen LogP contribution in [-0.2, 0) is 21.0 Å². The quantitative estimate of drug-likeness (QED) is 0.772.